The van der Waals surface area contributed by atoms with E-state index < -0.39 is 0 Å². The highest BCUT2D eigenvalue weighted by molar-refractivity contribution is 6.04. The van der Waals surface area contributed by atoms with Crippen molar-refractivity contribution in [3.8, 4) is 16.9 Å². The molecule has 0 aliphatic carbocycles. The summed E-state index contributed by atoms with van der Waals surface area (Å²) in [6, 6.07) is 14.7. The lowest BCUT2D eigenvalue weighted by Gasteiger charge is -2.23. The Hall–Kier alpha value is -3.16. The van der Waals surface area contributed by atoms with E-state index in [4.69, 9.17) is 9.47 Å². The third kappa shape index (κ3) is 4.42. The van der Waals surface area contributed by atoms with Crippen LogP contribution in [0.5, 0.6) is 5.75 Å². The van der Waals surface area contributed by atoms with Gasteiger partial charge in [0.05, 0.1) is 42.0 Å². The van der Waals surface area contributed by atoms with Crippen LogP contribution >= 0.6 is 0 Å². The van der Waals surface area contributed by atoms with Crippen molar-refractivity contribution in [3.05, 3.63) is 59.1 Å². The van der Waals surface area contributed by atoms with E-state index in [-0.39, 0.29) is 11.7 Å². The summed E-state index contributed by atoms with van der Waals surface area (Å²) in [5, 5.41) is 0.996. The monoisotopic (exact) mass is 486 g/mol. The van der Waals surface area contributed by atoms with Gasteiger partial charge in [0.15, 0.2) is 0 Å². The van der Waals surface area contributed by atoms with E-state index in [2.05, 4.69) is 34.1 Å². The molecule has 0 unspecified atom stereocenters. The van der Waals surface area contributed by atoms with Crippen molar-refractivity contribution in [2.75, 3.05) is 39.5 Å². The van der Waals surface area contributed by atoms with Crippen LogP contribution < -0.4 is 10.4 Å². The maximum Gasteiger partial charge on any atom is 0.329 e. The van der Waals surface area contributed by atoms with Crippen LogP contribution in [0.1, 0.15) is 38.1 Å². The molecule has 2 aromatic heterocycles. The summed E-state index contributed by atoms with van der Waals surface area (Å²) in [5.74, 6) is 0.902. The van der Waals surface area contributed by atoms with E-state index in [1.165, 1.54) is 25.9 Å². The molecule has 0 saturated carbocycles. The molecule has 0 bridgehead atoms. The summed E-state index contributed by atoms with van der Waals surface area (Å²) in [7, 11) is 1.83. The van der Waals surface area contributed by atoms with Crippen LogP contribution in [-0.2, 0) is 11.8 Å². The topological polar surface area (TPSA) is 61.5 Å². The van der Waals surface area contributed by atoms with Crippen molar-refractivity contribution in [1.82, 2.24) is 19.0 Å². The van der Waals surface area contributed by atoms with Crippen LogP contribution in [0, 0.1) is 0 Å². The Bertz CT molecular complexity index is 1410. The Morgan fingerprint density at radius 2 is 1.86 bits per heavy atom. The van der Waals surface area contributed by atoms with Gasteiger partial charge in [-0.3, -0.25) is 14.1 Å². The lowest BCUT2D eigenvalue weighted by Crippen LogP contribution is -2.31. The summed E-state index contributed by atoms with van der Waals surface area (Å²) in [4.78, 5) is 20.4. The van der Waals surface area contributed by atoms with E-state index in [0.29, 0.717) is 6.61 Å². The minimum Gasteiger partial charge on any atom is -0.494 e. The van der Waals surface area contributed by atoms with Gasteiger partial charge in [0.1, 0.15) is 5.75 Å². The Kier molecular flexibility index (Phi) is 6.50. The minimum absolute atomic E-state index is 0.00793. The highest BCUT2D eigenvalue weighted by Crippen LogP contribution is 2.32. The van der Waals surface area contributed by atoms with Gasteiger partial charge in [0.25, 0.3) is 0 Å². The number of rotatable bonds is 7. The van der Waals surface area contributed by atoms with Gasteiger partial charge in [-0.15, -0.1) is 0 Å². The number of hydrogen-bond acceptors (Lipinski definition) is 5. The molecule has 1 atom stereocenters. The van der Waals surface area contributed by atoms with Gasteiger partial charge in [-0.1, -0.05) is 18.2 Å². The van der Waals surface area contributed by atoms with Crippen molar-refractivity contribution >= 4 is 21.9 Å². The van der Waals surface area contributed by atoms with Gasteiger partial charge in [-0.2, -0.15) is 0 Å². The fraction of sp³-hybridized carbons (Fsp3) is 0.448. The Morgan fingerprint density at radius 3 is 2.64 bits per heavy atom. The third-order valence-corrected chi connectivity index (χ3v) is 7.69. The van der Waals surface area contributed by atoms with Gasteiger partial charge >= 0.3 is 5.69 Å². The number of benzene rings is 2. The smallest absolute Gasteiger partial charge is 0.329 e. The molecular weight excluding hydrogens is 452 g/mol. The second kappa shape index (κ2) is 10.1. The van der Waals surface area contributed by atoms with Crippen molar-refractivity contribution < 1.29 is 9.47 Å². The predicted molar refractivity (Wildman–Crippen MR) is 143 cm³/mol. The lowest BCUT2D eigenvalue weighted by atomic mass is 10.0. The molecule has 2 saturated heterocycles. The number of pyridine rings is 1. The molecule has 0 radical (unpaired) electrons. The van der Waals surface area contributed by atoms with Crippen LogP contribution in [0.15, 0.2) is 53.5 Å². The number of ether oxygens (including phenoxy) is 2. The number of likely N-dealkylation sites (tertiary alicyclic amines) is 1. The molecule has 6 rings (SSSR count). The molecule has 2 aliphatic heterocycles. The van der Waals surface area contributed by atoms with E-state index in [9.17, 15) is 4.79 Å². The van der Waals surface area contributed by atoms with E-state index in [1.54, 1.807) is 4.57 Å². The van der Waals surface area contributed by atoms with E-state index >= 15 is 0 Å². The molecule has 7 nitrogen and oxygen atoms in total. The quantitative estimate of drug-likeness (QED) is 0.352. The number of nitrogens with zero attached hydrogens (tertiary/aromatic N) is 4. The van der Waals surface area contributed by atoms with Crippen LogP contribution in [0.3, 0.4) is 0 Å². The van der Waals surface area contributed by atoms with Gasteiger partial charge < -0.3 is 14.4 Å². The summed E-state index contributed by atoms with van der Waals surface area (Å²) >= 11 is 0. The molecule has 36 heavy (non-hydrogen) atoms. The maximum absolute atomic E-state index is 13.2. The third-order valence-electron chi connectivity index (χ3n) is 7.69. The van der Waals surface area contributed by atoms with Crippen LogP contribution in [0.2, 0.25) is 0 Å². The molecule has 0 N–H and O–H groups in total. The average molecular weight is 487 g/mol. The minimum atomic E-state index is -0.00793. The predicted octanol–water partition coefficient (Wildman–Crippen LogP) is 4.77. The van der Waals surface area contributed by atoms with Crippen molar-refractivity contribution in [2.24, 2.45) is 7.05 Å². The second-order valence-corrected chi connectivity index (χ2v) is 10.1. The molecule has 0 spiro atoms. The van der Waals surface area contributed by atoms with Crippen LogP contribution in [0.4, 0.5) is 0 Å². The fourth-order valence-electron chi connectivity index (χ4n) is 5.70. The molecular formula is C29H34N4O3. The zero-order chi connectivity index (χ0) is 24.5. The Labute approximate surface area is 211 Å². The first-order valence-electron chi connectivity index (χ1n) is 13.2. The number of hydrogen-bond donors (Lipinski definition) is 0. The molecule has 2 fully saturated rings. The number of fused-ring (bicyclic) bond motifs is 3. The molecule has 188 valence electrons. The van der Waals surface area contributed by atoms with Crippen LogP contribution in [0.25, 0.3) is 33.1 Å². The van der Waals surface area contributed by atoms with Crippen molar-refractivity contribution in [1.29, 1.82) is 0 Å². The Balaban J connectivity index is 1.27. The second-order valence-electron chi connectivity index (χ2n) is 10.1. The molecule has 7 heteroatoms. The number of imidazole rings is 1. The zero-order valence-electron chi connectivity index (χ0n) is 21.0. The molecule has 2 aromatic carbocycles. The van der Waals surface area contributed by atoms with Gasteiger partial charge in [-0.25, -0.2) is 4.79 Å². The summed E-state index contributed by atoms with van der Waals surface area (Å²) in [5.41, 5.74) is 4.90. The first-order chi connectivity index (χ1) is 17.7. The highest BCUT2D eigenvalue weighted by atomic mass is 16.5. The number of aryl methyl sites for hydroxylation is 1. The summed E-state index contributed by atoms with van der Waals surface area (Å²) < 4.78 is 15.4. The first kappa shape index (κ1) is 23.3. The van der Waals surface area contributed by atoms with E-state index in [0.717, 1.165) is 77.8 Å². The lowest BCUT2D eigenvalue weighted by molar-refractivity contribution is 0.0593. The maximum atomic E-state index is 13.2. The van der Waals surface area contributed by atoms with Gasteiger partial charge in [0.2, 0.25) is 0 Å². The van der Waals surface area contributed by atoms with E-state index in [1.807, 2.05) is 36.0 Å². The van der Waals surface area contributed by atoms with Gasteiger partial charge in [0, 0.05) is 25.6 Å². The SMILES string of the molecule is Cn1c(=O)n([C@H]2CCCOC2)c2c3cc(-c4ccc(OCCCN5CCCC5)cc4)ccc3ncc21. The van der Waals surface area contributed by atoms with Gasteiger partial charge in [-0.05, 0) is 80.6 Å². The van der Waals surface area contributed by atoms with Crippen molar-refractivity contribution in [2.45, 2.75) is 38.1 Å². The largest absolute Gasteiger partial charge is 0.494 e. The highest BCUT2D eigenvalue weighted by Gasteiger charge is 2.23. The molecule has 0 amide bonds. The fourth-order valence-corrected chi connectivity index (χ4v) is 5.70. The number of aromatic nitrogens is 3. The van der Waals surface area contributed by atoms with Crippen molar-refractivity contribution in [3.63, 3.8) is 0 Å². The average Bonchev–Trinajstić information content (AvgIpc) is 3.53. The normalized spacial score (nSPS) is 18.9. The summed E-state index contributed by atoms with van der Waals surface area (Å²) in [6.07, 6.45) is 7.44. The molecule has 4 heterocycles. The molecule has 4 aromatic rings. The van der Waals surface area contributed by atoms with Crippen LogP contribution in [-0.4, -0.2) is 58.5 Å². The Morgan fingerprint density at radius 1 is 1.06 bits per heavy atom. The zero-order valence-corrected chi connectivity index (χ0v) is 21.0. The standard InChI is InChI=1S/C29H34N4O3/c1-31-27-19-30-26-12-9-22(18-25(26)28(27)33(29(31)34)23-6-4-16-35-20-23)21-7-10-24(11-8-21)36-17-5-15-32-13-2-3-14-32/h7-12,18-19,23H,2-6,13-17,20H2,1H3/t23-/m0/s1. The molecule has 2 aliphatic rings. The summed E-state index contributed by atoms with van der Waals surface area (Å²) in [6.45, 7) is 5.66. The first-order valence-corrected chi connectivity index (χ1v) is 13.2.